The molecule has 0 spiro atoms. The number of hydrogen-bond acceptors (Lipinski definition) is 6. The Kier molecular flexibility index (Phi) is 3.26. The van der Waals surface area contributed by atoms with Gasteiger partial charge in [-0.1, -0.05) is 18.2 Å². The molecule has 0 amide bonds. The third-order valence-corrected chi connectivity index (χ3v) is 3.56. The van der Waals surface area contributed by atoms with E-state index in [0.717, 1.165) is 10.4 Å². The fraction of sp³-hybridized carbons (Fsp3) is 0.0769. The molecule has 0 radical (unpaired) electrons. The maximum absolute atomic E-state index is 10.6. The number of rotatable bonds is 4. The van der Waals surface area contributed by atoms with Crippen LogP contribution >= 0.6 is 11.3 Å². The van der Waals surface area contributed by atoms with E-state index in [9.17, 15) is 10.1 Å². The van der Waals surface area contributed by atoms with Gasteiger partial charge in [0.05, 0.1) is 16.2 Å². The molecular formula is C13H9N3O3S. The fourth-order valence-corrected chi connectivity index (χ4v) is 2.38. The third kappa shape index (κ3) is 2.57. The van der Waals surface area contributed by atoms with Crippen LogP contribution in [-0.4, -0.2) is 15.1 Å². The van der Waals surface area contributed by atoms with Crippen molar-refractivity contribution in [1.82, 2.24) is 10.2 Å². The van der Waals surface area contributed by atoms with Crippen LogP contribution in [-0.2, 0) is 6.42 Å². The van der Waals surface area contributed by atoms with Crippen LogP contribution in [0.3, 0.4) is 0 Å². The van der Waals surface area contributed by atoms with Gasteiger partial charge in [-0.3, -0.25) is 10.1 Å². The molecule has 3 rings (SSSR count). The highest BCUT2D eigenvalue weighted by atomic mass is 32.1. The van der Waals surface area contributed by atoms with Gasteiger partial charge in [-0.15, -0.1) is 21.5 Å². The first-order valence-electron chi connectivity index (χ1n) is 5.82. The van der Waals surface area contributed by atoms with E-state index in [-0.39, 0.29) is 5.69 Å². The summed E-state index contributed by atoms with van der Waals surface area (Å²) in [7, 11) is 0. The molecule has 2 aromatic heterocycles. The van der Waals surface area contributed by atoms with E-state index in [1.807, 2.05) is 17.5 Å². The number of nitrogens with zero attached hydrogens (tertiary/aromatic N) is 3. The van der Waals surface area contributed by atoms with Gasteiger partial charge in [0.25, 0.3) is 11.6 Å². The van der Waals surface area contributed by atoms with Crippen LogP contribution in [0.5, 0.6) is 0 Å². The van der Waals surface area contributed by atoms with Crippen LogP contribution in [0.2, 0.25) is 0 Å². The predicted octanol–water partition coefficient (Wildman–Crippen LogP) is 3.30. The average Bonchev–Trinajstić information content (AvgIpc) is 3.09. The lowest BCUT2D eigenvalue weighted by molar-refractivity contribution is -0.384. The molecule has 100 valence electrons. The predicted molar refractivity (Wildman–Crippen MR) is 73.5 cm³/mol. The summed E-state index contributed by atoms with van der Waals surface area (Å²) < 4.78 is 5.56. The second-order valence-corrected chi connectivity index (χ2v) is 5.03. The highest BCUT2D eigenvalue weighted by Crippen LogP contribution is 2.24. The number of non-ortho nitro benzene ring substituents is 1. The summed E-state index contributed by atoms with van der Waals surface area (Å²) in [6.45, 7) is 0. The zero-order valence-electron chi connectivity index (χ0n) is 10.2. The Balaban J connectivity index is 1.76. The van der Waals surface area contributed by atoms with E-state index >= 15 is 0 Å². The zero-order chi connectivity index (χ0) is 13.9. The number of nitro groups is 1. The second kappa shape index (κ2) is 5.22. The first-order chi connectivity index (χ1) is 9.72. The Bertz CT molecular complexity index is 720. The summed E-state index contributed by atoms with van der Waals surface area (Å²) in [5.74, 6) is 0.985. The Morgan fingerprint density at radius 1 is 1.20 bits per heavy atom. The van der Waals surface area contributed by atoms with E-state index in [1.54, 1.807) is 12.1 Å². The van der Waals surface area contributed by atoms with Gasteiger partial charge in [0, 0.05) is 12.1 Å². The molecule has 0 unspecified atom stereocenters. The quantitative estimate of drug-likeness (QED) is 0.543. The Labute approximate surface area is 117 Å². The van der Waals surface area contributed by atoms with Crippen molar-refractivity contribution in [3.8, 4) is 10.8 Å². The molecule has 0 atom stereocenters. The van der Waals surface area contributed by atoms with E-state index in [1.165, 1.54) is 23.5 Å². The van der Waals surface area contributed by atoms with Gasteiger partial charge in [0.1, 0.15) is 0 Å². The van der Waals surface area contributed by atoms with Crippen LogP contribution in [0.25, 0.3) is 10.8 Å². The maximum Gasteiger partial charge on any atom is 0.269 e. The van der Waals surface area contributed by atoms with Gasteiger partial charge in [-0.25, -0.2) is 0 Å². The fourth-order valence-electron chi connectivity index (χ4n) is 1.73. The van der Waals surface area contributed by atoms with Crippen molar-refractivity contribution < 1.29 is 9.34 Å². The van der Waals surface area contributed by atoms with Crippen LogP contribution in [0.1, 0.15) is 11.5 Å². The normalized spacial score (nSPS) is 10.6. The van der Waals surface area contributed by atoms with E-state index in [2.05, 4.69) is 10.2 Å². The summed E-state index contributed by atoms with van der Waals surface area (Å²) in [5, 5.41) is 20.5. The number of aromatic nitrogens is 2. The largest absolute Gasteiger partial charge is 0.420 e. The lowest BCUT2D eigenvalue weighted by atomic mass is 10.1. The molecule has 20 heavy (non-hydrogen) atoms. The Morgan fingerprint density at radius 2 is 2.00 bits per heavy atom. The van der Waals surface area contributed by atoms with Crippen molar-refractivity contribution in [2.24, 2.45) is 0 Å². The van der Waals surface area contributed by atoms with Gasteiger partial charge in [-0.2, -0.15) is 0 Å². The molecule has 0 saturated carbocycles. The van der Waals surface area contributed by atoms with Crippen LogP contribution in [0.4, 0.5) is 5.69 Å². The number of thiophene rings is 1. The molecule has 6 nitrogen and oxygen atoms in total. The molecule has 0 aliphatic heterocycles. The average molecular weight is 287 g/mol. The van der Waals surface area contributed by atoms with Crippen molar-refractivity contribution in [2.75, 3.05) is 0 Å². The van der Waals surface area contributed by atoms with E-state index in [4.69, 9.17) is 4.42 Å². The van der Waals surface area contributed by atoms with Crippen LogP contribution < -0.4 is 0 Å². The number of hydrogen-bond donors (Lipinski definition) is 0. The lowest BCUT2D eigenvalue weighted by Gasteiger charge is -1.96. The molecule has 1 aromatic carbocycles. The molecular weight excluding hydrogens is 278 g/mol. The molecule has 3 aromatic rings. The topological polar surface area (TPSA) is 82.1 Å². The van der Waals surface area contributed by atoms with Crippen molar-refractivity contribution in [2.45, 2.75) is 6.42 Å². The van der Waals surface area contributed by atoms with E-state index < -0.39 is 4.92 Å². The van der Waals surface area contributed by atoms with Crippen molar-refractivity contribution in [3.05, 3.63) is 63.3 Å². The second-order valence-electron chi connectivity index (χ2n) is 4.08. The molecule has 0 fully saturated rings. The lowest BCUT2D eigenvalue weighted by Crippen LogP contribution is -1.91. The smallest absolute Gasteiger partial charge is 0.269 e. The number of nitro benzene ring substituents is 1. The first-order valence-corrected chi connectivity index (χ1v) is 6.70. The molecule has 0 aliphatic carbocycles. The summed E-state index contributed by atoms with van der Waals surface area (Å²) >= 11 is 1.53. The summed E-state index contributed by atoms with van der Waals surface area (Å²) in [4.78, 5) is 11.1. The van der Waals surface area contributed by atoms with Crippen molar-refractivity contribution in [1.29, 1.82) is 0 Å². The molecule has 0 saturated heterocycles. The summed E-state index contributed by atoms with van der Waals surface area (Å²) in [6, 6.07) is 10.1. The maximum atomic E-state index is 10.6. The van der Waals surface area contributed by atoms with Crippen LogP contribution in [0.15, 0.2) is 46.2 Å². The van der Waals surface area contributed by atoms with Gasteiger partial charge in [-0.05, 0) is 17.0 Å². The third-order valence-electron chi connectivity index (χ3n) is 2.70. The van der Waals surface area contributed by atoms with Gasteiger partial charge >= 0.3 is 0 Å². The molecule has 7 heteroatoms. The number of benzene rings is 1. The van der Waals surface area contributed by atoms with E-state index in [0.29, 0.717) is 18.2 Å². The summed E-state index contributed by atoms with van der Waals surface area (Å²) in [5.41, 5.74) is 0.954. The minimum atomic E-state index is -0.425. The van der Waals surface area contributed by atoms with Crippen molar-refractivity contribution >= 4 is 17.0 Å². The standard InChI is InChI=1S/C13H9N3O3S/c17-16(18)10-5-3-9(4-6-10)8-12-14-15-13(19-12)11-2-1-7-20-11/h1-7H,8H2. The highest BCUT2D eigenvalue weighted by Gasteiger charge is 2.11. The van der Waals surface area contributed by atoms with Crippen LogP contribution in [0, 0.1) is 10.1 Å². The SMILES string of the molecule is O=[N+]([O-])c1ccc(Cc2nnc(-c3cccs3)o2)cc1. The molecule has 2 heterocycles. The molecule has 0 aliphatic rings. The summed E-state index contributed by atoms with van der Waals surface area (Å²) in [6.07, 6.45) is 0.455. The minimum absolute atomic E-state index is 0.0681. The zero-order valence-corrected chi connectivity index (χ0v) is 11.0. The van der Waals surface area contributed by atoms with Gasteiger partial charge in [0.15, 0.2) is 0 Å². The molecule has 0 N–H and O–H groups in total. The van der Waals surface area contributed by atoms with Gasteiger partial charge in [0.2, 0.25) is 5.89 Å². The highest BCUT2D eigenvalue weighted by molar-refractivity contribution is 7.13. The Hall–Kier alpha value is -2.54. The monoisotopic (exact) mass is 287 g/mol. The molecule has 0 bridgehead atoms. The first kappa shape index (κ1) is 12.5. The van der Waals surface area contributed by atoms with Gasteiger partial charge < -0.3 is 4.42 Å². The Morgan fingerprint density at radius 3 is 2.65 bits per heavy atom. The minimum Gasteiger partial charge on any atom is -0.420 e. The van der Waals surface area contributed by atoms with Crippen molar-refractivity contribution in [3.63, 3.8) is 0 Å².